The summed E-state index contributed by atoms with van der Waals surface area (Å²) in [6, 6.07) is 0. The van der Waals surface area contributed by atoms with E-state index in [9.17, 15) is 4.79 Å². The molecule has 1 unspecified atom stereocenters. The lowest BCUT2D eigenvalue weighted by molar-refractivity contribution is -0.135. The van der Waals surface area contributed by atoms with Crippen LogP contribution in [0.25, 0.3) is 0 Å². The molecule has 0 aromatic carbocycles. The quantitative estimate of drug-likeness (QED) is 0.545. The van der Waals surface area contributed by atoms with E-state index in [1.54, 1.807) is 5.57 Å². The van der Waals surface area contributed by atoms with Crippen molar-refractivity contribution in [3.8, 4) is 0 Å². The Kier molecular flexibility index (Phi) is 3.40. The van der Waals surface area contributed by atoms with Crippen molar-refractivity contribution in [2.24, 2.45) is 40.4 Å². The van der Waals surface area contributed by atoms with Gasteiger partial charge in [-0.2, -0.15) is 0 Å². The summed E-state index contributed by atoms with van der Waals surface area (Å²) in [6.07, 6.45) is 17.3. The van der Waals surface area contributed by atoms with Crippen molar-refractivity contribution in [1.29, 1.82) is 0 Å². The zero-order valence-electron chi connectivity index (χ0n) is 15.7. The molecule has 132 valence electrons. The Morgan fingerprint density at radius 1 is 0.958 bits per heavy atom. The predicted molar refractivity (Wildman–Crippen MR) is 97.5 cm³/mol. The number of allylic oxidation sites excluding steroid dienone is 2. The van der Waals surface area contributed by atoms with Gasteiger partial charge in [0.25, 0.3) is 0 Å². The van der Waals surface area contributed by atoms with E-state index in [-0.39, 0.29) is 5.41 Å². The van der Waals surface area contributed by atoms with Gasteiger partial charge in [0.1, 0.15) is 5.78 Å². The topological polar surface area (TPSA) is 17.1 Å². The van der Waals surface area contributed by atoms with Crippen LogP contribution >= 0.6 is 0 Å². The molecule has 5 aliphatic rings. The Labute approximate surface area is 147 Å². The van der Waals surface area contributed by atoms with Crippen LogP contribution in [0.1, 0.15) is 84.5 Å². The van der Waals surface area contributed by atoms with Crippen LogP contribution in [0.3, 0.4) is 0 Å². The zero-order chi connectivity index (χ0) is 16.5. The molecule has 0 bridgehead atoms. The first-order valence-electron chi connectivity index (χ1n) is 10.8. The number of carbonyl (C=O) groups excluding carboxylic acids is 1. The number of ketones is 1. The van der Waals surface area contributed by atoms with E-state index in [0.29, 0.717) is 23.0 Å². The highest BCUT2D eigenvalue weighted by molar-refractivity contribution is 5.89. The minimum absolute atomic E-state index is 0.0256. The summed E-state index contributed by atoms with van der Waals surface area (Å²) < 4.78 is 0. The summed E-state index contributed by atoms with van der Waals surface area (Å²) in [5.74, 6) is 4.20. The van der Waals surface area contributed by atoms with Crippen LogP contribution in [0.5, 0.6) is 0 Å². The fourth-order valence-corrected chi connectivity index (χ4v) is 7.81. The number of rotatable bonds is 1. The Bertz CT molecular complexity index is 585. The largest absolute Gasteiger partial charge is 0.299 e. The van der Waals surface area contributed by atoms with Gasteiger partial charge in [0.15, 0.2) is 0 Å². The highest BCUT2D eigenvalue weighted by Crippen LogP contribution is 2.65. The summed E-state index contributed by atoms with van der Waals surface area (Å²) in [6.45, 7) is 4.94. The highest BCUT2D eigenvalue weighted by Gasteiger charge is 2.61. The van der Waals surface area contributed by atoms with E-state index >= 15 is 0 Å². The second-order valence-electron chi connectivity index (χ2n) is 10.3. The normalized spacial score (nSPS) is 51.2. The van der Waals surface area contributed by atoms with E-state index in [1.807, 2.05) is 0 Å². The SMILES string of the molecule is C[C@]12CCCCC1=CC[C@@H]1[C@H]2CC[C@]2(C)C(=O)C(C3CCC3)C[C@@H]12. The van der Waals surface area contributed by atoms with E-state index in [0.717, 1.165) is 17.8 Å². The maximum atomic E-state index is 13.3. The molecule has 0 aliphatic heterocycles. The van der Waals surface area contributed by atoms with Crippen molar-refractivity contribution in [3.05, 3.63) is 11.6 Å². The van der Waals surface area contributed by atoms with Crippen molar-refractivity contribution in [2.45, 2.75) is 84.5 Å². The average molecular weight is 327 g/mol. The summed E-state index contributed by atoms with van der Waals surface area (Å²) in [5, 5.41) is 0. The smallest absolute Gasteiger partial charge is 0.142 e. The lowest BCUT2D eigenvalue weighted by atomic mass is 9.48. The Morgan fingerprint density at radius 2 is 1.79 bits per heavy atom. The zero-order valence-corrected chi connectivity index (χ0v) is 15.7. The van der Waals surface area contributed by atoms with Gasteiger partial charge in [-0.3, -0.25) is 4.79 Å². The van der Waals surface area contributed by atoms with Crippen molar-refractivity contribution >= 4 is 5.78 Å². The minimum atomic E-state index is 0.0256. The monoisotopic (exact) mass is 326 g/mol. The third-order valence-corrected chi connectivity index (χ3v) is 9.53. The summed E-state index contributed by atoms with van der Waals surface area (Å²) in [5.41, 5.74) is 2.29. The van der Waals surface area contributed by atoms with Gasteiger partial charge in [0.2, 0.25) is 0 Å². The number of fused-ring (bicyclic) bond motifs is 5. The molecule has 4 fully saturated rings. The second-order valence-corrected chi connectivity index (χ2v) is 10.3. The maximum absolute atomic E-state index is 13.3. The van der Waals surface area contributed by atoms with Crippen molar-refractivity contribution in [3.63, 3.8) is 0 Å². The lowest BCUT2D eigenvalue weighted by Crippen LogP contribution is -2.49. The molecule has 0 radical (unpaired) electrons. The summed E-state index contributed by atoms with van der Waals surface area (Å²) >= 11 is 0. The molecule has 0 heterocycles. The molecule has 1 heteroatoms. The van der Waals surface area contributed by atoms with E-state index in [4.69, 9.17) is 0 Å². The van der Waals surface area contributed by atoms with Gasteiger partial charge in [-0.25, -0.2) is 0 Å². The molecule has 6 atom stereocenters. The first kappa shape index (κ1) is 15.6. The number of Topliss-reactive ketones (excluding diaryl/α,β-unsaturated/α-hetero) is 1. The number of hydrogen-bond donors (Lipinski definition) is 0. The predicted octanol–water partition coefficient (Wildman–Crippen LogP) is 5.93. The van der Waals surface area contributed by atoms with E-state index in [2.05, 4.69) is 19.9 Å². The summed E-state index contributed by atoms with van der Waals surface area (Å²) in [7, 11) is 0. The Balaban J connectivity index is 1.48. The fourth-order valence-electron chi connectivity index (χ4n) is 7.81. The van der Waals surface area contributed by atoms with Crippen LogP contribution in [0.15, 0.2) is 11.6 Å². The first-order valence-corrected chi connectivity index (χ1v) is 10.8. The Morgan fingerprint density at radius 3 is 2.54 bits per heavy atom. The van der Waals surface area contributed by atoms with Gasteiger partial charge in [-0.05, 0) is 86.9 Å². The fraction of sp³-hybridized carbons (Fsp3) is 0.870. The lowest BCUT2D eigenvalue weighted by Gasteiger charge is -2.56. The van der Waals surface area contributed by atoms with Crippen LogP contribution in [-0.2, 0) is 4.79 Å². The molecule has 0 amide bonds. The molecular formula is C23H34O. The molecule has 0 aromatic heterocycles. The first-order chi connectivity index (χ1) is 11.5. The van der Waals surface area contributed by atoms with Gasteiger partial charge < -0.3 is 0 Å². The van der Waals surface area contributed by atoms with Gasteiger partial charge in [-0.1, -0.05) is 38.3 Å². The number of carbonyl (C=O) groups is 1. The van der Waals surface area contributed by atoms with E-state index in [1.165, 1.54) is 70.6 Å². The van der Waals surface area contributed by atoms with Gasteiger partial charge >= 0.3 is 0 Å². The van der Waals surface area contributed by atoms with Crippen LogP contribution < -0.4 is 0 Å². The molecule has 1 nitrogen and oxygen atoms in total. The average Bonchev–Trinajstić information content (AvgIpc) is 2.78. The van der Waals surface area contributed by atoms with Crippen molar-refractivity contribution in [2.75, 3.05) is 0 Å². The van der Waals surface area contributed by atoms with Crippen LogP contribution in [0.2, 0.25) is 0 Å². The molecule has 0 spiro atoms. The third kappa shape index (κ3) is 1.91. The number of hydrogen-bond acceptors (Lipinski definition) is 1. The molecular weight excluding hydrogens is 292 g/mol. The molecule has 5 rings (SSSR count). The standard InChI is InChI=1S/C23H34O/c1-22-12-4-3-8-16(22)9-10-17-19(22)11-13-23(2)20(17)14-18(21(23)24)15-6-5-7-15/h9,15,17-20H,3-8,10-14H2,1-2H3/t17-,18?,19-,20+,22+,23+/m1/s1. The van der Waals surface area contributed by atoms with Crippen LogP contribution in [0, 0.1) is 40.4 Å². The second kappa shape index (κ2) is 5.21. The minimum Gasteiger partial charge on any atom is -0.299 e. The molecule has 4 saturated carbocycles. The van der Waals surface area contributed by atoms with Gasteiger partial charge in [0.05, 0.1) is 0 Å². The third-order valence-electron chi connectivity index (χ3n) is 9.53. The van der Waals surface area contributed by atoms with Crippen LogP contribution in [-0.4, -0.2) is 5.78 Å². The highest BCUT2D eigenvalue weighted by atomic mass is 16.1. The molecule has 5 aliphatic carbocycles. The molecule has 24 heavy (non-hydrogen) atoms. The van der Waals surface area contributed by atoms with Gasteiger partial charge in [-0.15, -0.1) is 0 Å². The maximum Gasteiger partial charge on any atom is 0.142 e. The van der Waals surface area contributed by atoms with E-state index < -0.39 is 0 Å². The molecule has 0 saturated heterocycles. The molecule has 0 aromatic rings. The summed E-state index contributed by atoms with van der Waals surface area (Å²) in [4.78, 5) is 13.3. The van der Waals surface area contributed by atoms with Gasteiger partial charge in [0, 0.05) is 11.3 Å². The molecule has 0 N–H and O–H groups in total. The van der Waals surface area contributed by atoms with Crippen LogP contribution in [0.4, 0.5) is 0 Å². The Hall–Kier alpha value is -0.590. The van der Waals surface area contributed by atoms with Crippen molar-refractivity contribution < 1.29 is 4.79 Å². The van der Waals surface area contributed by atoms with Crippen molar-refractivity contribution in [1.82, 2.24) is 0 Å².